The molecule has 164 valence electrons. The van der Waals surface area contributed by atoms with Gasteiger partial charge in [0.25, 0.3) is 0 Å². The molecule has 0 amide bonds. The molecule has 3 aromatic heterocycles. The third-order valence-corrected chi connectivity index (χ3v) is 4.93. The molecule has 31 heavy (non-hydrogen) atoms. The van der Waals surface area contributed by atoms with Gasteiger partial charge in [-0.1, -0.05) is 12.1 Å². The Morgan fingerprint density at radius 2 is 2.00 bits per heavy atom. The Morgan fingerprint density at radius 3 is 2.74 bits per heavy atom. The molecule has 0 aliphatic rings. The number of benzene rings is 1. The number of aryl methyl sites for hydroxylation is 2. The van der Waals surface area contributed by atoms with Gasteiger partial charge in [0, 0.05) is 30.2 Å². The number of hydrogen-bond acceptors (Lipinski definition) is 5. The van der Waals surface area contributed by atoms with Gasteiger partial charge in [-0.15, -0.1) is 0 Å². The van der Waals surface area contributed by atoms with Crippen molar-refractivity contribution in [1.82, 2.24) is 39.6 Å². The molecule has 3 heterocycles. The molecule has 0 atom stereocenters. The Bertz CT molecular complexity index is 1190. The number of rotatable bonds is 7. The summed E-state index contributed by atoms with van der Waals surface area (Å²) in [6, 6.07) is 7.58. The first-order chi connectivity index (χ1) is 14.7. The standard InChI is InChI=1S/C20H23F3N8/c1-4-31-17(10-13(2)27-31)19-24-18(25-26-19)14-6-5-7-16-15(14)11-30(28-16)9-8-29(3)12-20(21,22)23/h5-7,10-11H,4,8-9,12H2,1-3H3,(H,24,25,26). The summed E-state index contributed by atoms with van der Waals surface area (Å²) in [4.78, 5) is 5.88. The van der Waals surface area contributed by atoms with Crippen LogP contribution < -0.4 is 0 Å². The number of alkyl halides is 3. The zero-order chi connectivity index (χ0) is 22.2. The lowest BCUT2D eigenvalue weighted by molar-refractivity contribution is -0.143. The molecule has 0 aliphatic heterocycles. The van der Waals surface area contributed by atoms with Crippen molar-refractivity contribution < 1.29 is 13.2 Å². The van der Waals surface area contributed by atoms with E-state index in [-0.39, 0.29) is 6.54 Å². The van der Waals surface area contributed by atoms with Gasteiger partial charge in [0.1, 0.15) is 5.69 Å². The second-order valence-corrected chi connectivity index (χ2v) is 7.48. The molecular weight excluding hydrogens is 409 g/mol. The summed E-state index contributed by atoms with van der Waals surface area (Å²) in [6.07, 6.45) is -2.39. The zero-order valence-electron chi connectivity index (χ0n) is 17.5. The highest BCUT2D eigenvalue weighted by molar-refractivity contribution is 5.92. The summed E-state index contributed by atoms with van der Waals surface area (Å²) in [7, 11) is 1.45. The van der Waals surface area contributed by atoms with Gasteiger partial charge in [-0.3, -0.25) is 19.4 Å². The second kappa shape index (κ2) is 8.14. The predicted molar refractivity (Wildman–Crippen MR) is 110 cm³/mol. The third-order valence-electron chi connectivity index (χ3n) is 4.93. The normalized spacial score (nSPS) is 12.4. The van der Waals surface area contributed by atoms with E-state index in [0.717, 1.165) is 27.9 Å². The van der Waals surface area contributed by atoms with E-state index in [1.807, 2.05) is 49.0 Å². The molecule has 0 saturated carbocycles. The average molecular weight is 432 g/mol. The van der Waals surface area contributed by atoms with Gasteiger partial charge in [-0.25, -0.2) is 4.98 Å². The summed E-state index contributed by atoms with van der Waals surface area (Å²) < 4.78 is 41.1. The van der Waals surface area contributed by atoms with Crippen LogP contribution in [0.15, 0.2) is 30.5 Å². The number of aromatic amines is 1. The van der Waals surface area contributed by atoms with Gasteiger partial charge in [0.05, 0.1) is 24.3 Å². The van der Waals surface area contributed by atoms with Crippen LogP contribution in [0.2, 0.25) is 0 Å². The van der Waals surface area contributed by atoms with Gasteiger partial charge < -0.3 is 0 Å². The van der Waals surface area contributed by atoms with E-state index in [1.165, 1.54) is 11.9 Å². The lowest BCUT2D eigenvalue weighted by Crippen LogP contribution is -2.33. The molecule has 0 aliphatic carbocycles. The maximum Gasteiger partial charge on any atom is 0.401 e. The first-order valence-corrected chi connectivity index (χ1v) is 9.92. The molecule has 11 heteroatoms. The molecule has 0 bridgehead atoms. The lowest BCUT2D eigenvalue weighted by Gasteiger charge is -2.18. The maximum atomic E-state index is 12.5. The van der Waals surface area contributed by atoms with Crippen LogP contribution in [0.5, 0.6) is 0 Å². The van der Waals surface area contributed by atoms with Crippen molar-refractivity contribution in [2.75, 3.05) is 20.1 Å². The van der Waals surface area contributed by atoms with Crippen LogP contribution >= 0.6 is 0 Å². The van der Waals surface area contributed by atoms with E-state index in [4.69, 9.17) is 0 Å². The van der Waals surface area contributed by atoms with E-state index in [9.17, 15) is 13.2 Å². The first-order valence-electron chi connectivity index (χ1n) is 9.92. The molecule has 0 radical (unpaired) electrons. The van der Waals surface area contributed by atoms with Crippen LogP contribution in [-0.4, -0.2) is 66.0 Å². The van der Waals surface area contributed by atoms with Gasteiger partial charge >= 0.3 is 6.18 Å². The van der Waals surface area contributed by atoms with E-state index in [0.29, 0.717) is 24.7 Å². The predicted octanol–water partition coefficient (Wildman–Crippen LogP) is 3.51. The smallest absolute Gasteiger partial charge is 0.296 e. The number of hydrogen-bond donors (Lipinski definition) is 1. The Labute approximate surface area is 176 Å². The van der Waals surface area contributed by atoms with Crippen LogP contribution in [0.3, 0.4) is 0 Å². The molecule has 0 unspecified atom stereocenters. The fourth-order valence-corrected chi connectivity index (χ4v) is 3.53. The van der Waals surface area contributed by atoms with Crippen LogP contribution in [-0.2, 0) is 13.1 Å². The Kier molecular flexibility index (Phi) is 5.52. The largest absolute Gasteiger partial charge is 0.401 e. The molecule has 4 aromatic rings. The van der Waals surface area contributed by atoms with Gasteiger partial charge in [-0.05, 0) is 33.0 Å². The van der Waals surface area contributed by atoms with E-state index < -0.39 is 12.7 Å². The van der Waals surface area contributed by atoms with Gasteiger partial charge in [-0.2, -0.15) is 28.5 Å². The fourth-order valence-electron chi connectivity index (χ4n) is 3.53. The molecule has 0 fully saturated rings. The number of nitrogens with one attached hydrogen (secondary N) is 1. The number of fused-ring (bicyclic) bond motifs is 1. The molecule has 4 rings (SSSR count). The SMILES string of the molecule is CCn1nc(C)cc1-c1n[nH]c(-c2cccc3nn(CCN(C)CC(F)(F)F)cc23)n1. The quantitative estimate of drug-likeness (QED) is 0.484. The number of aromatic nitrogens is 7. The number of nitrogens with zero attached hydrogens (tertiary/aromatic N) is 7. The van der Waals surface area contributed by atoms with Crippen molar-refractivity contribution >= 4 is 10.9 Å². The molecule has 1 aromatic carbocycles. The Hall–Kier alpha value is -3.21. The molecular formula is C20H23F3N8. The van der Waals surface area contributed by atoms with Crippen molar-refractivity contribution in [3.8, 4) is 22.9 Å². The van der Waals surface area contributed by atoms with Crippen LogP contribution in [0.4, 0.5) is 13.2 Å². The van der Waals surface area contributed by atoms with E-state index in [1.54, 1.807) is 4.68 Å². The third kappa shape index (κ3) is 4.61. The minimum atomic E-state index is -4.22. The van der Waals surface area contributed by atoms with E-state index >= 15 is 0 Å². The van der Waals surface area contributed by atoms with Crippen LogP contribution in [0.1, 0.15) is 12.6 Å². The van der Waals surface area contributed by atoms with Gasteiger partial charge in [0.15, 0.2) is 11.6 Å². The second-order valence-electron chi connectivity index (χ2n) is 7.48. The molecule has 0 saturated heterocycles. The monoisotopic (exact) mass is 432 g/mol. The highest BCUT2D eigenvalue weighted by Crippen LogP contribution is 2.27. The maximum absolute atomic E-state index is 12.5. The number of H-pyrrole nitrogens is 1. The Morgan fingerprint density at radius 1 is 1.19 bits per heavy atom. The van der Waals surface area contributed by atoms with Crippen molar-refractivity contribution in [1.29, 1.82) is 0 Å². The van der Waals surface area contributed by atoms with Gasteiger partial charge in [0.2, 0.25) is 0 Å². The fraction of sp³-hybridized carbons (Fsp3) is 0.400. The topological polar surface area (TPSA) is 80.4 Å². The van der Waals surface area contributed by atoms with Crippen LogP contribution in [0.25, 0.3) is 33.8 Å². The number of halogens is 3. The summed E-state index contributed by atoms with van der Waals surface area (Å²) in [5.41, 5.74) is 3.29. The highest BCUT2D eigenvalue weighted by atomic mass is 19.4. The van der Waals surface area contributed by atoms with Crippen molar-refractivity contribution in [2.24, 2.45) is 0 Å². The minimum Gasteiger partial charge on any atom is -0.296 e. The van der Waals surface area contributed by atoms with Crippen molar-refractivity contribution in [2.45, 2.75) is 33.1 Å². The molecule has 0 spiro atoms. The average Bonchev–Trinajstić information content (AvgIpc) is 3.41. The Balaban J connectivity index is 1.59. The summed E-state index contributed by atoms with van der Waals surface area (Å²) in [5.74, 6) is 1.14. The first kappa shape index (κ1) is 21.0. The highest BCUT2D eigenvalue weighted by Gasteiger charge is 2.29. The zero-order valence-corrected chi connectivity index (χ0v) is 17.5. The van der Waals surface area contributed by atoms with Crippen LogP contribution in [0, 0.1) is 6.92 Å². The summed E-state index contributed by atoms with van der Waals surface area (Å²) in [6.45, 7) is 4.26. The lowest BCUT2D eigenvalue weighted by atomic mass is 10.1. The number of likely N-dealkylation sites (N-methyl/N-ethyl adjacent to an activating group) is 1. The summed E-state index contributed by atoms with van der Waals surface area (Å²) in [5, 5.41) is 17.1. The molecule has 8 nitrogen and oxygen atoms in total. The minimum absolute atomic E-state index is 0.232. The van der Waals surface area contributed by atoms with Crippen molar-refractivity contribution in [3.63, 3.8) is 0 Å². The summed E-state index contributed by atoms with van der Waals surface area (Å²) >= 11 is 0. The van der Waals surface area contributed by atoms with Crippen molar-refractivity contribution in [3.05, 3.63) is 36.2 Å². The van der Waals surface area contributed by atoms with E-state index in [2.05, 4.69) is 25.4 Å². The molecule has 1 N–H and O–H groups in total.